The highest BCUT2D eigenvalue weighted by Gasteiger charge is 2.22. The topological polar surface area (TPSA) is 131 Å². The van der Waals surface area contributed by atoms with Crippen LogP contribution in [0.1, 0.15) is 6.42 Å². The fraction of sp³-hybridized carbons (Fsp3) is 0.429. The number of rotatable bonds is 5. The van der Waals surface area contributed by atoms with Crippen molar-refractivity contribution in [2.45, 2.75) is 13.0 Å². The summed E-state index contributed by atoms with van der Waals surface area (Å²) in [6.45, 7) is -0.104. The molecule has 0 aliphatic heterocycles. The Bertz CT molecular complexity index is 375. The van der Waals surface area contributed by atoms with Gasteiger partial charge >= 0.3 is 11.9 Å². The second-order valence-corrected chi connectivity index (χ2v) is 2.93. The maximum absolute atomic E-state index is 10.7. The Labute approximate surface area is 84.3 Å². The zero-order valence-electron chi connectivity index (χ0n) is 7.70. The molecule has 0 saturated heterocycles. The van der Waals surface area contributed by atoms with Crippen LogP contribution < -0.4 is 5.73 Å². The molecule has 0 radical (unpaired) electrons. The number of hydrogen-bond donors (Lipinski definition) is 3. The van der Waals surface area contributed by atoms with Crippen molar-refractivity contribution in [1.82, 2.24) is 14.8 Å². The number of aliphatic carboxylic acids is 2. The van der Waals surface area contributed by atoms with E-state index >= 15 is 0 Å². The summed E-state index contributed by atoms with van der Waals surface area (Å²) >= 11 is 0. The van der Waals surface area contributed by atoms with Gasteiger partial charge in [-0.2, -0.15) is 5.10 Å². The second kappa shape index (κ2) is 4.40. The highest BCUT2D eigenvalue weighted by Crippen LogP contribution is 2.08. The van der Waals surface area contributed by atoms with Crippen LogP contribution in [0.15, 0.2) is 6.33 Å². The van der Waals surface area contributed by atoms with Crippen molar-refractivity contribution in [2.75, 3.05) is 5.73 Å². The summed E-state index contributed by atoms with van der Waals surface area (Å²) < 4.78 is 1.15. The van der Waals surface area contributed by atoms with Crippen LogP contribution in [0, 0.1) is 5.92 Å². The van der Waals surface area contributed by atoms with Crippen molar-refractivity contribution in [3.05, 3.63) is 6.33 Å². The first-order valence-corrected chi connectivity index (χ1v) is 4.08. The number of nitrogen functional groups attached to an aromatic ring is 1. The molecule has 0 amide bonds. The first-order valence-electron chi connectivity index (χ1n) is 4.08. The number of hydrogen-bond acceptors (Lipinski definition) is 5. The molecule has 1 rings (SSSR count). The molecule has 0 fully saturated rings. The van der Waals surface area contributed by atoms with E-state index in [-0.39, 0.29) is 12.5 Å². The van der Waals surface area contributed by atoms with E-state index in [1.165, 1.54) is 6.33 Å². The summed E-state index contributed by atoms with van der Waals surface area (Å²) in [6.07, 6.45) is 0.698. The molecule has 1 heterocycles. The van der Waals surface area contributed by atoms with Gasteiger partial charge in [0.15, 0.2) is 0 Å². The average molecular weight is 214 g/mol. The van der Waals surface area contributed by atoms with Gasteiger partial charge in [-0.05, 0) is 0 Å². The van der Waals surface area contributed by atoms with E-state index in [9.17, 15) is 9.59 Å². The predicted octanol–water partition coefficient (Wildman–Crippen LogP) is -0.964. The Balaban J connectivity index is 2.71. The lowest BCUT2D eigenvalue weighted by molar-refractivity contribution is -0.148. The molecule has 0 saturated carbocycles. The molecule has 15 heavy (non-hydrogen) atoms. The molecule has 0 aliphatic rings. The Kier molecular flexibility index (Phi) is 3.21. The first-order chi connectivity index (χ1) is 7.00. The Morgan fingerprint density at radius 3 is 2.60 bits per heavy atom. The smallest absolute Gasteiger partial charge is 0.308 e. The van der Waals surface area contributed by atoms with E-state index in [2.05, 4.69) is 10.1 Å². The molecule has 8 heteroatoms. The maximum Gasteiger partial charge on any atom is 0.308 e. The minimum absolute atomic E-state index is 0.0617. The predicted molar refractivity (Wildman–Crippen MR) is 47.8 cm³/mol. The van der Waals surface area contributed by atoms with Crippen LogP contribution >= 0.6 is 0 Å². The van der Waals surface area contributed by atoms with Crippen molar-refractivity contribution in [3.63, 3.8) is 0 Å². The van der Waals surface area contributed by atoms with Gasteiger partial charge in [0.2, 0.25) is 5.95 Å². The minimum Gasteiger partial charge on any atom is -0.481 e. The van der Waals surface area contributed by atoms with E-state index in [1.807, 2.05) is 0 Å². The zero-order chi connectivity index (χ0) is 11.4. The normalized spacial score (nSPS) is 12.3. The van der Waals surface area contributed by atoms with Gasteiger partial charge < -0.3 is 15.9 Å². The summed E-state index contributed by atoms with van der Waals surface area (Å²) in [7, 11) is 0. The van der Waals surface area contributed by atoms with Crippen molar-refractivity contribution < 1.29 is 19.8 Å². The van der Waals surface area contributed by atoms with Gasteiger partial charge in [-0.1, -0.05) is 0 Å². The maximum atomic E-state index is 10.7. The van der Waals surface area contributed by atoms with Gasteiger partial charge in [0.25, 0.3) is 0 Å². The second-order valence-electron chi connectivity index (χ2n) is 2.93. The summed E-state index contributed by atoms with van der Waals surface area (Å²) in [4.78, 5) is 24.7. The van der Waals surface area contributed by atoms with Gasteiger partial charge in [0.1, 0.15) is 6.33 Å². The van der Waals surface area contributed by atoms with Gasteiger partial charge in [0.05, 0.1) is 18.9 Å². The van der Waals surface area contributed by atoms with Crippen LogP contribution in [-0.2, 0) is 16.1 Å². The largest absolute Gasteiger partial charge is 0.481 e. The van der Waals surface area contributed by atoms with E-state index < -0.39 is 24.3 Å². The third-order valence-electron chi connectivity index (χ3n) is 1.81. The van der Waals surface area contributed by atoms with Crippen LogP contribution in [-0.4, -0.2) is 36.9 Å². The molecule has 1 atom stereocenters. The molecule has 1 aromatic heterocycles. The molecule has 0 bridgehead atoms. The number of nitrogens with zero attached hydrogens (tertiary/aromatic N) is 3. The van der Waals surface area contributed by atoms with Crippen molar-refractivity contribution in [3.8, 4) is 0 Å². The average Bonchev–Trinajstić information content (AvgIpc) is 2.50. The zero-order valence-corrected chi connectivity index (χ0v) is 7.70. The minimum atomic E-state index is -1.20. The lowest BCUT2D eigenvalue weighted by atomic mass is 10.1. The number of carbonyl (C=O) groups is 2. The molecule has 4 N–H and O–H groups in total. The van der Waals surface area contributed by atoms with Crippen molar-refractivity contribution >= 4 is 17.9 Å². The van der Waals surface area contributed by atoms with Gasteiger partial charge in [-0.25, -0.2) is 9.67 Å². The van der Waals surface area contributed by atoms with Crippen LogP contribution in [0.5, 0.6) is 0 Å². The third kappa shape index (κ3) is 2.93. The standard InChI is InChI=1S/C7H10N4O4/c8-7-9-3-10-11(7)2-4(6(14)15)1-5(12)13/h3-4H,1-2H2,(H,12,13)(H,14,15)(H2,8,9,10)/t4-/m1/s1. The number of carboxylic acid groups (broad SMARTS) is 2. The first kappa shape index (κ1) is 11.0. The highest BCUT2D eigenvalue weighted by atomic mass is 16.4. The van der Waals surface area contributed by atoms with Crippen LogP contribution in [0.4, 0.5) is 5.95 Å². The van der Waals surface area contributed by atoms with Crippen LogP contribution in [0.2, 0.25) is 0 Å². The van der Waals surface area contributed by atoms with Crippen molar-refractivity contribution in [2.24, 2.45) is 5.92 Å². The third-order valence-corrected chi connectivity index (χ3v) is 1.81. The van der Waals surface area contributed by atoms with E-state index in [0.717, 1.165) is 4.68 Å². The van der Waals surface area contributed by atoms with E-state index in [0.29, 0.717) is 0 Å². The molecule has 0 aliphatic carbocycles. The number of aromatic nitrogens is 3. The molecule has 0 unspecified atom stereocenters. The molecule has 82 valence electrons. The molecule has 0 aromatic carbocycles. The van der Waals surface area contributed by atoms with Gasteiger partial charge in [-0.15, -0.1) is 0 Å². The molecular formula is C7H10N4O4. The quantitative estimate of drug-likeness (QED) is 0.574. The number of carboxylic acids is 2. The number of anilines is 1. The summed E-state index contributed by atoms with van der Waals surface area (Å²) in [5, 5.41) is 20.9. The van der Waals surface area contributed by atoms with Crippen LogP contribution in [0.3, 0.4) is 0 Å². The molecule has 0 spiro atoms. The molecule has 1 aromatic rings. The molecule has 8 nitrogen and oxygen atoms in total. The summed E-state index contributed by atoms with van der Waals surface area (Å²) in [5.74, 6) is -3.38. The van der Waals surface area contributed by atoms with E-state index in [1.54, 1.807) is 0 Å². The fourth-order valence-corrected chi connectivity index (χ4v) is 1.06. The lowest BCUT2D eigenvalue weighted by Crippen LogP contribution is -2.24. The monoisotopic (exact) mass is 214 g/mol. The Morgan fingerprint density at radius 1 is 1.53 bits per heavy atom. The Morgan fingerprint density at radius 2 is 2.20 bits per heavy atom. The van der Waals surface area contributed by atoms with Gasteiger partial charge in [-0.3, -0.25) is 9.59 Å². The van der Waals surface area contributed by atoms with Gasteiger partial charge in [0, 0.05) is 0 Å². The molecular weight excluding hydrogens is 204 g/mol. The SMILES string of the molecule is Nc1ncnn1C[C@@H](CC(=O)O)C(=O)O. The summed E-state index contributed by atoms with van der Waals surface area (Å²) in [6, 6.07) is 0. The van der Waals surface area contributed by atoms with E-state index in [4.69, 9.17) is 15.9 Å². The van der Waals surface area contributed by atoms with Crippen molar-refractivity contribution in [1.29, 1.82) is 0 Å². The lowest BCUT2D eigenvalue weighted by Gasteiger charge is -2.09. The number of nitrogens with two attached hydrogens (primary N) is 1. The van der Waals surface area contributed by atoms with Crippen LogP contribution in [0.25, 0.3) is 0 Å². The summed E-state index contributed by atoms with van der Waals surface area (Å²) in [5.41, 5.74) is 5.37. The Hall–Kier alpha value is -2.12. The highest BCUT2D eigenvalue weighted by molar-refractivity contribution is 5.77. The fourth-order valence-electron chi connectivity index (χ4n) is 1.06.